The van der Waals surface area contributed by atoms with E-state index in [9.17, 15) is 9.59 Å². The van der Waals surface area contributed by atoms with Crippen molar-refractivity contribution in [1.29, 1.82) is 0 Å². The molecule has 8 heteroatoms. The van der Waals surface area contributed by atoms with Crippen LogP contribution in [0.15, 0.2) is 24.3 Å². The van der Waals surface area contributed by atoms with Crippen molar-refractivity contribution < 1.29 is 14.3 Å². The van der Waals surface area contributed by atoms with Crippen LogP contribution in [-0.2, 0) is 14.3 Å². The lowest BCUT2D eigenvalue weighted by atomic mass is 10.2. The minimum atomic E-state index is -0.491. The summed E-state index contributed by atoms with van der Waals surface area (Å²) in [5, 5.41) is 6.47. The molecule has 126 valence electrons. The van der Waals surface area contributed by atoms with E-state index in [0.717, 1.165) is 5.69 Å². The van der Waals surface area contributed by atoms with Gasteiger partial charge in [0.1, 0.15) is 12.1 Å². The maximum absolute atomic E-state index is 12.5. The van der Waals surface area contributed by atoms with Gasteiger partial charge in [-0.15, -0.1) is 12.4 Å². The zero-order chi connectivity index (χ0) is 15.5. The lowest BCUT2D eigenvalue weighted by Crippen LogP contribution is -2.54. The highest BCUT2D eigenvalue weighted by molar-refractivity contribution is 6.31. The summed E-state index contributed by atoms with van der Waals surface area (Å²) in [5.74, 6) is -0.293. The van der Waals surface area contributed by atoms with E-state index < -0.39 is 6.04 Å². The number of morpholine rings is 1. The quantitative estimate of drug-likeness (QED) is 0.843. The largest absolute Gasteiger partial charge is 0.378 e. The number of anilines is 1. The van der Waals surface area contributed by atoms with Crippen LogP contribution >= 0.6 is 24.0 Å². The molecule has 0 saturated carbocycles. The summed E-state index contributed by atoms with van der Waals surface area (Å²) in [6.45, 7) is 2.16. The van der Waals surface area contributed by atoms with Crippen molar-refractivity contribution in [2.75, 3.05) is 31.2 Å². The molecule has 2 heterocycles. The Balaban J connectivity index is 0.00000192. The number of rotatable bonds is 3. The zero-order valence-corrected chi connectivity index (χ0v) is 14.0. The maximum atomic E-state index is 12.5. The van der Waals surface area contributed by atoms with Gasteiger partial charge in [-0.25, -0.2) is 0 Å². The molecule has 6 nitrogen and oxygen atoms in total. The van der Waals surface area contributed by atoms with E-state index in [1.807, 2.05) is 6.07 Å². The van der Waals surface area contributed by atoms with Crippen molar-refractivity contribution in [3.05, 3.63) is 29.3 Å². The van der Waals surface area contributed by atoms with Gasteiger partial charge >= 0.3 is 0 Å². The Morgan fingerprint density at radius 3 is 2.96 bits per heavy atom. The first kappa shape index (κ1) is 18.0. The third-order valence-electron chi connectivity index (χ3n) is 3.88. The third-order valence-corrected chi connectivity index (χ3v) is 4.12. The highest BCUT2D eigenvalue weighted by Crippen LogP contribution is 2.24. The highest BCUT2D eigenvalue weighted by Gasteiger charge is 2.35. The summed E-state index contributed by atoms with van der Waals surface area (Å²) >= 11 is 5.96. The van der Waals surface area contributed by atoms with Crippen LogP contribution in [-0.4, -0.2) is 50.2 Å². The second-order valence-electron chi connectivity index (χ2n) is 5.40. The monoisotopic (exact) mass is 359 g/mol. The van der Waals surface area contributed by atoms with Crippen molar-refractivity contribution in [3.63, 3.8) is 0 Å². The van der Waals surface area contributed by atoms with E-state index in [0.29, 0.717) is 37.7 Å². The molecular formula is C15H19Cl2N3O3. The van der Waals surface area contributed by atoms with Crippen molar-refractivity contribution in [2.45, 2.75) is 18.5 Å². The predicted octanol–water partition coefficient (Wildman–Crippen LogP) is 0.972. The van der Waals surface area contributed by atoms with Crippen LogP contribution < -0.4 is 15.5 Å². The second-order valence-corrected chi connectivity index (χ2v) is 5.84. The molecule has 2 fully saturated rings. The molecule has 0 bridgehead atoms. The number of halogens is 2. The van der Waals surface area contributed by atoms with Crippen molar-refractivity contribution in [1.82, 2.24) is 10.6 Å². The van der Waals surface area contributed by atoms with Crippen LogP contribution in [0.5, 0.6) is 0 Å². The summed E-state index contributed by atoms with van der Waals surface area (Å²) < 4.78 is 5.26. The van der Waals surface area contributed by atoms with Crippen LogP contribution in [0.3, 0.4) is 0 Å². The van der Waals surface area contributed by atoms with Crippen molar-refractivity contribution in [3.8, 4) is 0 Å². The average molecular weight is 360 g/mol. The Labute approximate surface area is 145 Å². The Kier molecular flexibility index (Phi) is 6.24. The number of carbonyl (C=O) groups is 2. The number of nitrogens with one attached hydrogen (secondary N) is 2. The molecule has 23 heavy (non-hydrogen) atoms. The molecule has 2 amide bonds. The summed E-state index contributed by atoms with van der Waals surface area (Å²) in [5.41, 5.74) is 0.758. The van der Waals surface area contributed by atoms with Gasteiger partial charge in [0.25, 0.3) is 0 Å². The predicted molar refractivity (Wildman–Crippen MR) is 90.2 cm³/mol. The van der Waals surface area contributed by atoms with E-state index in [1.165, 1.54) is 0 Å². The fourth-order valence-corrected chi connectivity index (χ4v) is 2.90. The van der Waals surface area contributed by atoms with Crippen LogP contribution in [0.4, 0.5) is 5.69 Å². The standard InChI is InChI=1S/C15H18ClN3O3.ClH/c16-10-2-1-3-11(8-10)19-6-4-12(15(19)21)18-14(20)13-9-22-7-5-17-13;/h1-3,8,12-13,17H,4-7,9H2,(H,18,20);1H. The van der Waals surface area contributed by atoms with Crippen LogP contribution in [0.2, 0.25) is 5.02 Å². The van der Waals surface area contributed by atoms with Gasteiger partial charge in [0.15, 0.2) is 0 Å². The number of hydrogen-bond acceptors (Lipinski definition) is 4. The van der Waals surface area contributed by atoms with Gasteiger partial charge in [0.2, 0.25) is 11.8 Å². The number of carbonyl (C=O) groups excluding carboxylic acids is 2. The molecule has 0 spiro atoms. The van der Waals surface area contributed by atoms with Crippen molar-refractivity contribution >= 4 is 41.5 Å². The molecule has 3 rings (SSSR count). The summed E-state index contributed by atoms with van der Waals surface area (Å²) in [4.78, 5) is 26.3. The highest BCUT2D eigenvalue weighted by atomic mass is 35.5. The van der Waals surface area contributed by atoms with Gasteiger partial charge in [0, 0.05) is 23.8 Å². The fraction of sp³-hybridized carbons (Fsp3) is 0.467. The number of ether oxygens (including phenoxy) is 1. The van der Waals surface area contributed by atoms with Crippen LogP contribution in [0, 0.1) is 0 Å². The van der Waals surface area contributed by atoms with Crippen LogP contribution in [0.1, 0.15) is 6.42 Å². The molecule has 2 atom stereocenters. The molecule has 0 aliphatic carbocycles. The third kappa shape index (κ3) is 4.14. The van der Waals surface area contributed by atoms with Gasteiger partial charge in [0.05, 0.1) is 13.2 Å². The SMILES string of the molecule is Cl.O=C(NC1CCN(c2cccc(Cl)c2)C1=O)C1COCCN1. The summed E-state index contributed by atoms with van der Waals surface area (Å²) in [7, 11) is 0. The number of nitrogens with zero attached hydrogens (tertiary/aromatic N) is 1. The first-order chi connectivity index (χ1) is 10.6. The number of benzene rings is 1. The Bertz CT molecular complexity index is 579. The van der Waals surface area contributed by atoms with E-state index in [1.54, 1.807) is 23.1 Å². The molecule has 1 aromatic rings. The smallest absolute Gasteiger partial charge is 0.249 e. The lowest BCUT2D eigenvalue weighted by molar-refractivity contribution is -0.129. The van der Waals surface area contributed by atoms with Gasteiger partial charge in [-0.05, 0) is 24.6 Å². The molecular weight excluding hydrogens is 341 g/mol. The van der Waals surface area contributed by atoms with Gasteiger partial charge < -0.3 is 20.3 Å². The Morgan fingerprint density at radius 1 is 1.43 bits per heavy atom. The molecule has 2 unspecified atom stereocenters. The first-order valence-electron chi connectivity index (χ1n) is 7.33. The molecule has 2 aliphatic heterocycles. The zero-order valence-electron chi connectivity index (χ0n) is 12.5. The van der Waals surface area contributed by atoms with Gasteiger partial charge in [-0.2, -0.15) is 0 Å². The Hall–Kier alpha value is -1.34. The normalized spacial score (nSPS) is 24.2. The maximum Gasteiger partial charge on any atom is 0.249 e. The summed E-state index contributed by atoms with van der Waals surface area (Å²) in [6.07, 6.45) is 0.588. The molecule has 0 aromatic heterocycles. The first-order valence-corrected chi connectivity index (χ1v) is 7.71. The minimum Gasteiger partial charge on any atom is -0.378 e. The van der Waals surface area contributed by atoms with E-state index in [-0.39, 0.29) is 30.3 Å². The number of amides is 2. The molecule has 2 aliphatic rings. The van der Waals surface area contributed by atoms with Gasteiger partial charge in [-0.1, -0.05) is 17.7 Å². The molecule has 1 aromatic carbocycles. The molecule has 2 N–H and O–H groups in total. The van der Waals surface area contributed by atoms with E-state index in [2.05, 4.69) is 10.6 Å². The van der Waals surface area contributed by atoms with E-state index in [4.69, 9.17) is 16.3 Å². The number of hydrogen-bond donors (Lipinski definition) is 2. The van der Waals surface area contributed by atoms with Crippen molar-refractivity contribution in [2.24, 2.45) is 0 Å². The topological polar surface area (TPSA) is 70.7 Å². The molecule has 0 radical (unpaired) electrons. The fourth-order valence-electron chi connectivity index (χ4n) is 2.72. The average Bonchev–Trinajstić information content (AvgIpc) is 2.89. The summed E-state index contributed by atoms with van der Waals surface area (Å²) in [6, 6.07) is 6.28. The van der Waals surface area contributed by atoms with Gasteiger partial charge in [-0.3, -0.25) is 9.59 Å². The molecule has 2 saturated heterocycles. The second kappa shape index (κ2) is 7.97. The minimum absolute atomic E-state index is 0. The van der Waals surface area contributed by atoms with Crippen LogP contribution in [0.25, 0.3) is 0 Å². The Morgan fingerprint density at radius 2 is 2.26 bits per heavy atom. The van der Waals surface area contributed by atoms with E-state index >= 15 is 0 Å². The lowest BCUT2D eigenvalue weighted by Gasteiger charge is -2.24.